The highest BCUT2D eigenvalue weighted by molar-refractivity contribution is 6.30. The molecule has 55 heavy (non-hydrogen) atoms. The maximum absolute atomic E-state index is 15.7. The minimum absolute atomic E-state index is 0.0386. The van der Waals surface area contributed by atoms with Gasteiger partial charge in [0.05, 0.1) is 43.5 Å². The number of aliphatic hydroxyl groups excluding tert-OH is 2. The first kappa shape index (κ1) is 38.1. The standard InChI is InChI=1S/C44H48Cl2N4O5/c1-42(2)20-22-43(23-21-42)44(33-18-19-34(46)48-39(33)49-41(44)54)35(29-14-9-15-30(45)24-29)37(40(53)47-31-16-17-32(25-51)55-26-31)50(43)36(27-10-5-3-6-11-27)38(52)28-12-7-4-8-13-28/h3-15,18-19,24,31-32,35-38,51-52H,16-17,20-23,25-26H2,1-2H3,(H,47,53)(H,48,49,54)/t31-,32+,35+,36-,37-,38+,44?/m1/s1. The fourth-order valence-corrected chi connectivity index (χ4v) is 10.6. The number of nitrogens with one attached hydrogen (secondary N) is 2. The number of carbonyl (C=O) groups excluding carboxylic acids is 2. The summed E-state index contributed by atoms with van der Waals surface area (Å²) < 4.78 is 5.95. The lowest BCUT2D eigenvalue weighted by molar-refractivity contribution is -0.138. The van der Waals surface area contributed by atoms with Crippen LogP contribution < -0.4 is 10.6 Å². The maximum Gasteiger partial charge on any atom is 0.238 e. The van der Waals surface area contributed by atoms with Gasteiger partial charge in [-0.2, -0.15) is 0 Å². The van der Waals surface area contributed by atoms with E-state index in [0.29, 0.717) is 47.7 Å². The first-order valence-electron chi connectivity index (χ1n) is 19.3. The first-order chi connectivity index (χ1) is 26.5. The first-order valence-corrected chi connectivity index (χ1v) is 20.1. The number of ether oxygens (including phenoxy) is 1. The number of hydrogen-bond donors (Lipinski definition) is 4. The molecule has 11 heteroatoms. The number of aliphatic hydroxyl groups is 2. The fourth-order valence-electron chi connectivity index (χ4n) is 10.3. The largest absolute Gasteiger partial charge is 0.394 e. The molecule has 4 aromatic rings. The summed E-state index contributed by atoms with van der Waals surface area (Å²) in [5.74, 6) is -0.924. The van der Waals surface area contributed by atoms with Crippen LogP contribution in [0.25, 0.3) is 0 Å². The summed E-state index contributed by atoms with van der Waals surface area (Å²) in [6.07, 6.45) is 2.51. The summed E-state index contributed by atoms with van der Waals surface area (Å²) in [5.41, 5.74) is 0.521. The van der Waals surface area contributed by atoms with Crippen LogP contribution in [0.4, 0.5) is 5.82 Å². The number of aromatic nitrogens is 1. The summed E-state index contributed by atoms with van der Waals surface area (Å²) in [4.78, 5) is 38.1. The Morgan fingerprint density at radius 2 is 1.64 bits per heavy atom. The Labute approximate surface area is 332 Å². The van der Waals surface area contributed by atoms with E-state index in [-0.39, 0.29) is 47.7 Å². The van der Waals surface area contributed by atoms with Crippen LogP contribution in [0.1, 0.15) is 92.7 Å². The van der Waals surface area contributed by atoms with Gasteiger partial charge in [0, 0.05) is 22.0 Å². The third kappa shape index (κ3) is 6.47. The normalized spacial score (nSPS) is 28.1. The van der Waals surface area contributed by atoms with Crippen molar-refractivity contribution in [1.29, 1.82) is 0 Å². The zero-order valence-electron chi connectivity index (χ0n) is 31.1. The molecule has 1 unspecified atom stereocenters. The summed E-state index contributed by atoms with van der Waals surface area (Å²) in [6, 6.07) is 28.4. The molecular formula is C44H48Cl2N4O5. The molecule has 1 saturated carbocycles. The molecule has 1 aliphatic carbocycles. The van der Waals surface area contributed by atoms with Crippen molar-refractivity contribution in [3.05, 3.63) is 129 Å². The van der Waals surface area contributed by atoms with Crippen molar-refractivity contribution in [3.8, 4) is 0 Å². The fraction of sp³-hybridized carbons (Fsp3) is 0.432. The predicted molar refractivity (Wildman–Crippen MR) is 213 cm³/mol. The number of pyridine rings is 1. The van der Waals surface area contributed by atoms with Crippen LogP contribution >= 0.6 is 23.2 Å². The van der Waals surface area contributed by atoms with Crippen LogP contribution in [0.2, 0.25) is 10.2 Å². The molecule has 2 amide bonds. The summed E-state index contributed by atoms with van der Waals surface area (Å²) in [6.45, 7) is 4.67. The van der Waals surface area contributed by atoms with Crippen molar-refractivity contribution < 1.29 is 24.5 Å². The van der Waals surface area contributed by atoms with Gasteiger partial charge >= 0.3 is 0 Å². The molecule has 288 valence electrons. The minimum Gasteiger partial charge on any atom is -0.394 e. The lowest BCUT2D eigenvalue weighted by atomic mass is 9.53. The molecule has 1 aromatic heterocycles. The molecule has 8 rings (SSSR count). The monoisotopic (exact) mass is 782 g/mol. The van der Waals surface area contributed by atoms with Crippen molar-refractivity contribution in [2.24, 2.45) is 5.41 Å². The van der Waals surface area contributed by atoms with Gasteiger partial charge in [-0.25, -0.2) is 4.98 Å². The number of halogens is 2. The van der Waals surface area contributed by atoms with Crippen LogP contribution in [0.15, 0.2) is 97.1 Å². The molecule has 3 aromatic carbocycles. The molecule has 4 N–H and O–H groups in total. The maximum atomic E-state index is 15.7. The molecule has 7 atom stereocenters. The highest BCUT2D eigenvalue weighted by Gasteiger charge is 2.77. The number of benzene rings is 3. The SMILES string of the molecule is CC1(C)CCC2(CC1)N([C@H](c1ccccc1)[C@@H](O)c1ccccc1)[C@@H](C(=O)N[C@@H]1CC[C@@H](CO)OC1)[C@H](c1cccc(Cl)c1)C21C(=O)Nc2nc(Cl)ccc21. The van der Waals surface area contributed by atoms with Crippen molar-refractivity contribution in [2.75, 3.05) is 18.5 Å². The molecule has 0 bridgehead atoms. The van der Waals surface area contributed by atoms with E-state index in [9.17, 15) is 10.2 Å². The van der Waals surface area contributed by atoms with Crippen LogP contribution in [0, 0.1) is 5.41 Å². The van der Waals surface area contributed by atoms with E-state index < -0.39 is 35.1 Å². The molecule has 0 radical (unpaired) electrons. The molecule has 2 saturated heterocycles. The number of carbonyl (C=O) groups is 2. The van der Waals surface area contributed by atoms with E-state index in [2.05, 4.69) is 34.4 Å². The highest BCUT2D eigenvalue weighted by atomic mass is 35.5. The molecule has 4 heterocycles. The lowest BCUT2D eigenvalue weighted by Crippen LogP contribution is -2.64. The van der Waals surface area contributed by atoms with E-state index in [1.54, 1.807) is 12.1 Å². The third-order valence-electron chi connectivity index (χ3n) is 12.9. The van der Waals surface area contributed by atoms with Crippen LogP contribution in [-0.4, -0.2) is 68.9 Å². The Morgan fingerprint density at radius 3 is 2.27 bits per heavy atom. The summed E-state index contributed by atoms with van der Waals surface area (Å²) in [7, 11) is 0. The Kier molecular flexibility index (Phi) is 10.3. The van der Waals surface area contributed by atoms with Crippen LogP contribution in [0.5, 0.6) is 0 Å². The van der Waals surface area contributed by atoms with Crippen molar-refractivity contribution in [1.82, 2.24) is 15.2 Å². The van der Waals surface area contributed by atoms with Gasteiger partial charge in [0.15, 0.2) is 0 Å². The molecule has 9 nitrogen and oxygen atoms in total. The van der Waals surface area contributed by atoms with Gasteiger partial charge in [-0.15, -0.1) is 0 Å². The van der Waals surface area contributed by atoms with Gasteiger partial charge in [0.25, 0.3) is 0 Å². The molecule has 2 spiro atoms. The number of likely N-dealkylation sites (tertiary alicyclic amines) is 1. The number of amides is 2. The molecule has 3 aliphatic heterocycles. The number of rotatable bonds is 8. The number of nitrogens with zero attached hydrogens (tertiary/aromatic N) is 2. The number of anilines is 1. The number of hydrogen-bond acceptors (Lipinski definition) is 7. The van der Waals surface area contributed by atoms with Crippen molar-refractivity contribution >= 4 is 40.8 Å². The lowest BCUT2D eigenvalue weighted by Gasteiger charge is -2.56. The topological polar surface area (TPSA) is 124 Å². The zero-order chi connectivity index (χ0) is 38.5. The second kappa shape index (κ2) is 14.9. The molecule has 4 aliphatic rings. The average molecular weight is 784 g/mol. The highest BCUT2D eigenvalue weighted by Crippen LogP contribution is 2.69. The van der Waals surface area contributed by atoms with Gasteiger partial charge in [0.2, 0.25) is 11.8 Å². The predicted octanol–water partition coefficient (Wildman–Crippen LogP) is 7.52. The molecule has 3 fully saturated rings. The smallest absolute Gasteiger partial charge is 0.238 e. The van der Waals surface area contributed by atoms with E-state index in [1.165, 1.54) is 0 Å². The Hall–Kier alpha value is -3.83. The van der Waals surface area contributed by atoms with Crippen molar-refractivity contribution in [2.45, 2.75) is 99.6 Å². The van der Waals surface area contributed by atoms with Gasteiger partial charge < -0.3 is 25.6 Å². The van der Waals surface area contributed by atoms with Gasteiger partial charge in [0.1, 0.15) is 16.4 Å². The van der Waals surface area contributed by atoms with Crippen LogP contribution in [-0.2, 0) is 19.7 Å². The minimum atomic E-state index is -1.36. The van der Waals surface area contributed by atoms with E-state index in [0.717, 1.165) is 24.0 Å². The van der Waals surface area contributed by atoms with Gasteiger partial charge in [-0.05, 0) is 78.8 Å². The third-order valence-corrected chi connectivity index (χ3v) is 13.3. The van der Waals surface area contributed by atoms with E-state index in [4.69, 9.17) is 27.9 Å². The summed E-state index contributed by atoms with van der Waals surface area (Å²) >= 11 is 13.3. The van der Waals surface area contributed by atoms with Crippen LogP contribution in [0.3, 0.4) is 0 Å². The Balaban J connectivity index is 1.44. The van der Waals surface area contributed by atoms with Gasteiger partial charge in [-0.1, -0.05) is 116 Å². The average Bonchev–Trinajstić information content (AvgIpc) is 3.62. The second-order valence-corrected chi connectivity index (χ2v) is 17.3. The van der Waals surface area contributed by atoms with E-state index in [1.807, 2.05) is 84.9 Å². The zero-order valence-corrected chi connectivity index (χ0v) is 32.6. The second-order valence-electron chi connectivity index (χ2n) is 16.5. The Morgan fingerprint density at radius 1 is 0.945 bits per heavy atom. The van der Waals surface area contributed by atoms with E-state index >= 15 is 9.59 Å². The quantitative estimate of drug-likeness (QED) is 0.136. The number of fused-ring (bicyclic) bond motifs is 3. The van der Waals surface area contributed by atoms with Gasteiger partial charge in [-0.3, -0.25) is 14.5 Å². The Bertz CT molecular complexity index is 2030. The summed E-state index contributed by atoms with van der Waals surface area (Å²) in [5, 5.41) is 29.9. The van der Waals surface area contributed by atoms with Crippen molar-refractivity contribution in [3.63, 3.8) is 0 Å². The molecular weight excluding hydrogens is 735 g/mol.